The van der Waals surface area contributed by atoms with E-state index in [1.165, 1.54) is 12.8 Å². The lowest BCUT2D eigenvalue weighted by Crippen LogP contribution is -2.45. The van der Waals surface area contributed by atoms with Gasteiger partial charge in [0.2, 0.25) is 15.9 Å². The number of sulfonamides is 1. The van der Waals surface area contributed by atoms with Crippen LogP contribution in [0.3, 0.4) is 0 Å². The van der Waals surface area contributed by atoms with Crippen molar-refractivity contribution in [1.82, 2.24) is 14.9 Å². The molecular formula is C18H24F3N3O4S. The first-order valence-corrected chi connectivity index (χ1v) is 11.0. The average Bonchev–Trinajstić information content (AvgIpc) is 3.46. The Balaban J connectivity index is 1.40. The van der Waals surface area contributed by atoms with Gasteiger partial charge in [0, 0.05) is 38.1 Å². The quantitative estimate of drug-likeness (QED) is 0.652. The van der Waals surface area contributed by atoms with Gasteiger partial charge in [-0.3, -0.25) is 4.79 Å². The molecule has 1 saturated heterocycles. The molecule has 1 aliphatic carbocycles. The molecule has 0 spiro atoms. The molecule has 1 aromatic rings. The lowest BCUT2D eigenvalue weighted by atomic mass is 10.0. The molecule has 0 unspecified atom stereocenters. The number of rotatable bonds is 8. The number of piperidine rings is 1. The van der Waals surface area contributed by atoms with E-state index in [9.17, 15) is 26.4 Å². The van der Waals surface area contributed by atoms with Gasteiger partial charge in [-0.15, -0.1) is 13.2 Å². The van der Waals surface area contributed by atoms with Crippen LogP contribution >= 0.6 is 0 Å². The minimum absolute atomic E-state index is 0.0165. The van der Waals surface area contributed by atoms with Crippen molar-refractivity contribution < 1.29 is 31.1 Å². The number of nitrogens with one attached hydrogen (secondary N) is 2. The van der Waals surface area contributed by atoms with E-state index in [1.807, 2.05) is 0 Å². The fraction of sp³-hybridized carbons (Fsp3) is 0.611. The number of hydrogen-bond acceptors (Lipinski definition) is 5. The van der Waals surface area contributed by atoms with Gasteiger partial charge >= 0.3 is 6.36 Å². The highest BCUT2D eigenvalue weighted by molar-refractivity contribution is 7.89. The van der Waals surface area contributed by atoms with E-state index in [0.29, 0.717) is 0 Å². The third-order valence-corrected chi connectivity index (χ3v) is 6.45. The predicted molar refractivity (Wildman–Crippen MR) is 98.7 cm³/mol. The van der Waals surface area contributed by atoms with Crippen molar-refractivity contribution >= 4 is 15.9 Å². The fourth-order valence-electron chi connectivity index (χ4n) is 3.35. The highest BCUT2D eigenvalue weighted by atomic mass is 32.2. The van der Waals surface area contributed by atoms with Crippen LogP contribution in [0, 0.1) is 0 Å². The Hall–Kier alpha value is -1.85. The summed E-state index contributed by atoms with van der Waals surface area (Å²) in [7, 11) is -3.93. The zero-order chi connectivity index (χ0) is 21.1. The predicted octanol–water partition coefficient (Wildman–Crippen LogP) is 2.00. The molecule has 1 aromatic carbocycles. The minimum atomic E-state index is -4.85. The molecular weight excluding hydrogens is 411 g/mol. The van der Waals surface area contributed by atoms with Gasteiger partial charge in [-0.05, 0) is 49.9 Å². The normalized spacial score (nSPS) is 19.1. The van der Waals surface area contributed by atoms with E-state index < -0.39 is 22.1 Å². The van der Waals surface area contributed by atoms with Gasteiger partial charge in [0.1, 0.15) is 5.75 Å². The summed E-state index contributed by atoms with van der Waals surface area (Å²) in [6, 6.07) is 4.69. The van der Waals surface area contributed by atoms with Crippen LogP contribution in [0.4, 0.5) is 13.2 Å². The van der Waals surface area contributed by atoms with Gasteiger partial charge in [-0.25, -0.2) is 13.1 Å². The fourth-order valence-corrected chi connectivity index (χ4v) is 4.38. The molecule has 3 rings (SSSR count). The second-order valence-electron chi connectivity index (χ2n) is 7.28. The smallest absolute Gasteiger partial charge is 0.406 e. The molecule has 2 N–H and O–H groups in total. The third-order valence-electron chi connectivity index (χ3n) is 4.97. The second-order valence-corrected chi connectivity index (χ2v) is 9.04. The molecule has 0 radical (unpaired) electrons. The molecule has 162 valence electrons. The average molecular weight is 435 g/mol. The molecule has 29 heavy (non-hydrogen) atoms. The molecule has 7 nitrogen and oxygen atoms in total. The van der Waals surface area contributed by atoms with Gasteiger partial charge in [-0.1, -0.05) is 0 Å². The van der Waals surface area contributed by atoms with Gasteiger partial charge in [0.25, 0.3) is 0 Å². The Morgan fingerprint density at radius 2 is 1.72 bits per heavy atom. The summed E-state index contributed by atoms with van der Waals surface area (Å²) >= 11 is 0. The van der Waals surface area contributed by atoms with Crippen LogP contribution in [0.1, 0.15) is 32.1 Å². The first-order chi connectivity index (χ1) is 13.6. The largest absolute Gasteiger partial charge is 0.573 e. The summed E-state index contributed by atoms with van der Waals surface area (Å²) in [5.41, 5.74) is 0. The molecule has 0 atom stereocenters. The molecule has 2 fully saturated rings. The molecule has 0 bridgehead atoms. The topological polar surface area (TPSA) is 87.7 Å². The number of carbonyl (C=O) groups excluding carboxylic acids is 1. The van der Waals surface area contributed by atoms with Crippen molar-refractivity contribution in [2.75, 3.05) is 19.6 Å². The summed E-state index contributed by atoms with van der Waals surface area (Å²) in [6.45, 7) is 1.84. The Morgan fingerprint density at radius 3 is 2.28 bits per heavy atom. The number of amides is 1. The molecule has 0 aromatic heterocycles. The van der Waals surface area contributed by atoms with Gasteiger partial charge in [-0.2, -0.15) is 0 Å². The van der Waals surface area contributed by atoms with Crippen molar-refractivity contribution in [2.45, 2.75) is 55.4 Å². The summed E-state index contributed by atoms with van der Waals surface area (Å²) in [4.78, 5) is 14.3. The van der Waals surface area contributed by atoms with Gasteiger partial charge in [0.05, 0.1) is 4.90 Å². The van der Waals surface area contributed by atoms with E-state index >= 15 is 0 Å². The molecule has 1 amide bonds. The number of benzene rings is 1. The van der Waals surface area contributed by atoms with Gasteiger partial charge in [0.15, 0.2) is 0 Å². The number of carbonyl (C=O) groups is 1. The van der Waals surface area contributed by atoms with Crippen molar-refractivity contribution in [2.24, 2.45) is 0 Å². The zero-order valence-electron chi connectivity index (χ0n) is 15.7. The third kappa shape index (κ3) is 6.86. The van der Waals surface area contributed by atoms with Gasteiger partial charge < -0.3 is 15.0 Å². The highest BCUT2D eigenvalue weighted by Crippen LogP contribution is 2.29. The number of hydrogen-bond donors (Lipinski definition) is 2. The summed E-state index contributed by atoms with van der Waals surface area (Å²) < 4.78 is 66.8. The van der Waals surface area contributed by atoms with Crippen LogP contribution in [0.25, 0.3) is 0 Å². The standard InChI is InChI=1S/C18H24F3N3O4S/c19-18(20,21)28-15-3-5-16(6-4-15)29(26,27)22-10-7-17(25)23-13-8-11-24(12-9-13)14-1-2-14/h3-6,13-14,22H,1-2,7-12H2,(H,23,25). The number of alkyl halides is 3. The number of halogens is 3. The van der Waals surface area contributed by atoms with Crippen LogP contribution in [0.2, 0.25) is 0 Å². The Kier molecular flexibility index (Phi) is 6.69. The van der Waals surface area contributed by atoms with Crippen molar-refractivity contribution in [3.05, 3.63) is 24.3 Å². The van der Waals surface area contributed by atoms with E-state index in [-0.39, 0.29) is 29.8 Å². The minimum Gasteiger partial charge on any atom is -0.406 e. The zero-order valence-corrected chi connectivity index (χ0v) is 16.6. The second kappa shape index (κ2) is 8.88. The number of ether oxygens (including phenoxy) is 1. The van der Waals surface area contributed by atoms with Crippen LogP contribution in [0.15, 0.2) is 29.2 Å². The SMILES string of the molecule is O=C(CCNS(=O)(=O)c1ccc(OC(F)(F)F)cc1)NC1CCN(C2CC2)CC1. The maximum atomic E-state index is 12.2. The highest BCUT2D eigenvalue weighted by Gasteiger charge is 2.32. The molecule has 2 aliphatic rings. The number of nitrogens with zero attached hydrogens (tertiary/aromatic N) is 1. The molecule has 1 saturated carbocycles. The summed E-state index contributed by atoms with van der Waals surface area (Å²) in [5, 5.41) is 2.93. The van der Waals surface area contributed by atoms with Crippen molar-refractivity contribution in [1.29, 1.82) is 0 Å². The molecule has 11 heteroatoms. The van der Waals surface area contributed by atoms with E-state index in [4.69, 9.17) is 0 Å². The first-order valence-electron chi connectivity index (χ1n) is 9.51. The van der Waals surface area contributed by atoms with Crippen molar-refractivity contribution in [3.63, 3.8) is 0 Å². The van der Waals surface area contributed by atoms with E-state index in [0.717, 1.165) is 56.2 Å². The monoisotopic (exact) mass is 435 g/mol. The van der Waals surface area contributed by atoms with Crippen LogP contribution < -0.4 is 14.8 Å². The molecule has 1 aliphatic heterocycles. The number of likely N-dealkylation sites (tertiary alicyclic amines) is 1. The maximum Gasteiger partial charge on any atom is 0.573 e. The van der Waals surface area contributed by atoms with Crippen molar-refractivity contribution in [3.8, 4) is 5.75 Å². The Bertz CT molecular complexity index is 803. The van der Waals surface area contributed by atoms with Crippen LogP contribution in [-0.4, -0.2) is 57.3 Å². The lowest BCUT2D eigenvalue weighted by molar-refractivity contribution is -0.274. The van der Waals surface area contributed by atoms with E-state index in [1.54, 1.807) is 0 Å². The Morgan fingerprint density at radius 1 is 1.10 bits per heavy atom. The van der Waals surface area contributed by atoms with Crippen LogP contribution in [0.5, 0.6) is 5.75 Å². The summed E-state index contributed by atoms with van der Waals surface area (Å²) in [6.07, 6.45) is -0.566. The first kappa shape index (κ1) is 21.8. The molecule has 1 heterocycles. The Labute approximate surface area is 167 Å². The maximum absolute atomic E-state index is 12.2. The van der Waals surface area contributed by atoms with Crippen LogP contribution in [-0.2, 0) is 14.8 Å². The summed E-state index contributed by atoms with van der Waals surface area (Å²) in [5.74, 6) is -0.741. The lowest BCUT2D eigenvalue weighted by Gasteiger charge is -2.32. The van der Waals surface area contributed by atoms with E-state index in [2.05, 4.69) is 19.7 Å².